The number of hydrogen-bond acceptors (Lipinski definition) is 7. The van der Waals surface area contributed by atoms with E-state index in [1.807, 2.05) is 30.3 Å². The predicted octanol–water partition coefficient (Wildman–Crippen LogP) is 1.91. The lowest BCUT2D eigenvalue weighted by Gasteiger charge is -2.27. The normalized spacial score (nSPS) is 16.1. The lowest BCUT2D eigenvalue weighted by molar-refractivity contribution is -0.122. The molecule has 3 aromatic carbocycles. The molecule has 40 heavy (non-hydrogen) atoms. The lowest BCUT2D eigenvalue weighted by Crippen LogP contribution is -2.56. The van der Waals surface area contributed by atoms with Gasteiger partial charge in [-0.3, -0.25) is 9.59 Å². The maximum Gasteiger partial charge on any atom is 0.254 e. The Hall–Kier alpha value is -3.57. The minimum atomic E-state index is -4.00. The van der Waals surface area contributed by atoms with Gasteiger partial charge in [0.1, 0.15) is 0 Å². The standard InChI is InChI=1S/C30H36N4O5S/c31-26(16-13-22-7-3-1-4-8-22)29(40(37,38)25-9-5-2-6-10-25)33-28(35)27(32)21-23-11-14-24(15-12-23)30(36)34-17-19-39-20-18-34/h1-12,14-15,26-27,29H,13,16-21,31-32H2,(H,33,35)/t26?,27-,29?/m0/s1. The number of ether oxygens (including phenoxy) is 1. The predicted molar refractivity (Wildman–Crippen MR) is 153 cm³/mol. The van der Waals surface area contributed by atoms with Gasteiger partial charge in [-0.15, -0.1) is 0 Å². The number of amides is 2. The first-order chi connectivity index (χ1) is 19.3. The van der Waals surface area contributed by atoms with Crippen LogP contribution in [0.4, 0.5) is 0 Å². The highest BCUT2D eigenvalue weighted by Gasteiger charge is 2.35. The van der Waals surface area contributed by atoms with Gasteiger partial charge >= 0.3 is 0 Å². The summed E-state index contributed by atoms with van der Waals surface area (Å²) in [5, 5.41) is 1.28. The van der Waals surface area contributed by atoms with Crippen LogP contribution in [0.25, 0.3) is 0 Å². The van der Waals surface area contributed by atoms with E-state index in [9.17, 15) is 18.0 Å². The molecule has 0 aliphatic carbocycles. The van der Waals surface area contributed by atoms with Crippen LogP contribution >= 0.6 is 0 Å². The maximum absolute atomic E-state index is 13.6. The highest BCUT2D eigenvalue weighted by molar-refractivity contribution is 7.92. The van der Waals surface area contributed by atoms with Crippen LogP contribution < -0.4 is 16.8 Å². The van der Waals surface area contributed by atoms with Crippen molar-refractivity contribution < 1.29 is 22.7 Å². The van der Waals surface area contributed by atoms with Gasteiger partial charge in [0, 0.05) is 24.7 Å². The van der Waals surface area contributed by atoms with Crippen molar-refractivity contribution in [3.8, 4) is 0 Å². The van der Waals surface area contributed by atoms with E-state index >= 15 is 0 Å². The van der Waals surface area contributed by atoms with Gasteiger partial charge in [0.05, 0.1) is 24.2 Å². The molecule has 0 aromatic heterocycles. The van der Waals surface area contributed by atoms with Crippen LogP contribution in [0.1, 0.15) is 27.9 Å². The molecule has 3 atom stereocenters. The number of aryl methyl sites for hydroxylation is 1. The number of nitrogens with zero attached hydrogens (tertiary/aromatic N) is 1. The van der Waals surface area contributed by atoms with E-state index in [1.54, 1.807) is 47.4 Å². The molecule has 1 aliphatic heterocycles. The van der Waals surface area contributed by atoms with Crippen LogP contribution in [0.3, 0.4) is 0 Å². The highest BCUT2D eigenvalue weighted by atomic mass is 32.2. The lowest BCUT2D eigenvalue weighted by atomic mass is 10.0. The zero-order chi connectivity index (χ0) is 28.5. The summed E-state index contributed by atoms with van der Waals surface area (Å²) in [6.07, 6.45) is 1.06. The van der Waals surface area contributed by atoms with Crippen LogP contribution in [0.5, 0.6) is 0 Å². The van der Waals surface area contributed by atoms with Crippen LogP contribution in [-0.2, 0) is 32.2 Å². The van der Waals surface area contributed by atoms with Gasteiger partial charge in [-0.25, -0.2) is 8.42 Å². The van der Waals surface area contributed by atoms with Crippen LogP contribution in [0, 0.1) is 0 Å². The number of carbonyl (C=O) groups excluding carboxylic acids is 2. The molecule has 1 fully saturated rings. The second-order valence-electron chi connectivity index (χ2n) is 9.89. The zero-order valence-electron chi connectivity index (χ0n) is 22.3. The molecule has 0 bridgehead atoms. The van der Waals surface area contributed by atoms with Crippen molar-refractivity contribution in [2.75, 3.05) is 26.3 Å². The average molecular weight is 565 g/mol. The number of rotatable bonds is 11. The van der Waals surface area contributed by atoms with E-state index in [-0.39, 0.29) is 17.2 Å². The number of carbonyl (C=O) groups is 2. The summed E-state index contributed by atoms with van der Waals surface area (Å²) in [6.45, 7) is 2.13. The second kappa shape index (κ2) is 13.7. The zero-order valence-corrected chi connectivity index (χ0v) is 23.1. The van der Waals surface area contributed by atoms with Crippen molar-refractivity contribution in [3.05, 3.63) is 102 Å². The smallest absolute Gasteiger partial charge is 0.254 e. The molecule has 9 nitrogen and oxygen atoms in total. The summed E-state index contributed by atoms with van der Waals surface area (Å²) >= 11 is 0. The van der Waals surface area contributed by atoms with Gasteiger partial charge in [0.2, 0.25) is 15.7 Å². The number of benzene rings is 3. The highest BCUT2D eigenvalue weighted by Crippen LogP contribution is 2.19. The fourth-order valence-electron chi connectivity index (χ4n) is 4.63. The van der Waals surface area contributed by atoms with Gasteiger partial charge in [-0.2, -0.15) is 0 Å². The molecule has 10 heteroatoms. The van der Waals surface area contributed by atoms with E-state index in [4.69, 9.17) is 16.2 Å². The van der Waals surface area contributed by atoms with Crippen molar-refractivity contribution in [3.63, 3.8) is 0 Å². The third-order valence-electron chi connectivity index (χ3n) is 6.98. The summed E-state index contributed by atoms with van der Waals surface area (Å²) in [6, 6.07) is 22.6. The number of sulfone groups is 1. The fourth-order valence-corrected chi connectivity index (χ4v) is 6.32. The van der Waals surface area contributed by atoms with Crippen LogP contribution in [0.15, 0.2) is 89.8 Å². The maximum atomic E-state index is 13.6. The minimum Gasteiger partial charge on any atom is -0.378 e. The quantitative estimate of drug-likeness (QED) is 0.323. The summed E-state index contributed by atoms with van der Waals surface area (Å²) in [7, 11) is -4.00. The molecule has 1 saturated heterocycles. The minimum absolute atomic E-state index is 0.0737. The molecule has 212 valence electrons. The van der Waals surface area contributed by atoms with Crippen molar-refractivity contribution in [1.82, 2.24) is 10.2 Å². The Bertz CT molecular complexity index is 1360. The van der Waals surface area contributed by atoms with Gasteiger partial charge in [0.15, 0.2) is 5.37 Å². The Morgan fingerprint density at radius 1 is 0.850 bits per heavy atom. The van der Waals surface area contributed by atoms with Gasteiger partial charge < -0.3 is 26.4 Å². The van der Waals surface area contributed by atoms with Crippen molar-refractivity contribution in [2.45, 2.75) is 41.6 Å². The molecular weight excluding hydrogens is 528 g/mol. The summed E-state index contributed by atoms with van der Waals surface area (Å²) in [4.78, 5) is 27.7. The first kappa shape index (κ1) is 29.4. The summed E-state index contributed by atoms with van der Waals surface area (Å²) < 4.78 is 32.4. The van der Waals surface area contributed by atoms with Gasteiger partial charge in [0.25, 0.3) is 5.91 Å². The number of morpholine rings is 1. The Balaban J connectivity index is 1.44. The molecule has 0 spiro atoms. The number of nitrogens with one attached hydrogen (secondary N) is 1. The van der Waals surface area contributed by atoms with E-state index in [2.05, 4.69) is 5.32 Å². The molecule has 2 unspecified atom stereocenters. The third kappa shape index (κ3) is 7.54. The molecule has 4 rings (SSSR count). The van der Waals surface area contributed by atoms with Gasteiger partial charge in [-0.1, -0.05) is 60.7 Å². The first-order valence-electron chi connectivity index (χ1n) is 13.4. The van der Waals surface area contributed by atoms with E-state index in [1.165, 1.54) is 12.1 Å². The molecule has 3 aromatic rings. The average Bonchev–Trinajstić information content (AvgIpc) is 2.99. The van der Waals surface area contributed by atoms with Crippen molar-refractivity contribution >= 4 is 21.7 Å². The third-order valence-corrected chi connectivity index (χ3v) is 9.05. The summed E-state index contributed by atoms with van der Waals surface area (Å²) in [5.41, 5.74) is 15.0. The second-order valence-corrected chi connectivity index (χ2v) is 12.0. The van der Waals surface area contributed by atoms with Gasteiger partial charge in [-0.05, 0) is 54.7 Å². The largest absolute Gasteiger partial charge is 0.378 e. The molecule has 2 amide bonds. The van der Waals surface area contributed by atoms with Crippen molar-refractivity contribution in [1.29, 1.82) is 0 Å². The van der Waals surface area contributed by atoms with Crippen molar-refractivity contribution in [2.24, 2.45) is 11.5 Å². The monoisotopic (exact) mass is 564 g/mol. The SMILES string of the molecule is NC(CCc1ccccc1)C(NC(=O)[C@@H](N)Cc1ccc(C(=O)N2CCOCC2)cc1)S(=O)(=O)c1ccccc1. The Morgan fingerprint density at radius 3 is 2.08 bits per heavy atom. The topological polar surface area (TPSA) is 145 Å². The molecule has 5 N–H and O–H groups in total. The van der Waals surface area contributed by atoms with E-state index < -0.39 is 33.2 Å². The Kier molecular flexibility index (Phi) is 10.1. The summed E-state index contributed by atoms with van der Waals surface area (Å²) in [5.74, 6) is -0.691. The number of nitrogens with two attached hydrogens (primary N) is 2. The van der Waals surface area contributed by atoms with E-state index in [0.29, 0.717) is 44.7 Å². The first-order valence-corrected chi connectivity index (χ1v) is 14.9. The molecule has 0 radical (unpaired) electrons. The molecule has 1 heterocycles. The molecule has 1 aliphatic rings. The van der Waals surface area contributed by atoms with Crippen LogP contribution in [-0.4, -0.2) is 68.9 Å². The molecular formula is C30H36N4O5S. The molecule has 0 saturated carbocycles. The number of hydrogen-bond donors (Lipinski definition) is 3. The fraction of sp³-hybridized carbons (Fsp3) is 0.333. The Labute approximate surface area is 235 Å². The van der Waals surface area contributed by atoms with Crippen LogP contribution in [0.2, 0.25) is 0 Å². The Morgan fingerprint density at radius 2 is 1.45 bits per heavy atom. The van der Waals surface area contributed by atoms with E-state index in [0.717, 1.165) is 11.1 Å².